The normalized spacial score (nSPS) is 16.3. The lowest BCUT2D eigenvalue weighted by molar-refractivity contribution is 0.180. The van der Waals surface area contributed by atoms with Crippen LogP contribution < -0.4 is 4.74 Å². The number of sulfonamides is 1. The highest BCUT2D eigenvalue weighted by atomic mass is 32.2. The second-order valence-electron chi connectivity index (χ2n) is 6.51. The van der Waals surface area contributed by atoms with E-state index >= 15 is 0 Å². The molecule has 0 amide bonds. The van der Waals surface area contributed by atoms with Gasteiger partial charge in [0.1, 0.15) is 10.8 Å². The van der Waals surface area contributed by atoms with E-state index in [4.69, 9.17) is 9.72 Å². The highest BCUT2D eigenvalue weighted by Crippen LogP contribution is 2.26. The summed E-state index contributed by atoms with van der Waals surface area (Å²) < 4.78 is 32.3. The topological polar surface area (TPSA) is 62.7 Å². The third-order valence-corrected chi connectivity index (χ3v) is 8.27. The minimum Gasteiger partial charge on any atom is -0.497 e. The Labute approximate surface area is 173 Å². The third kappa shape index (κ3) is 4.13. The van der Waals surface area contributed by atoms with Gasteiger partial charge in [0, 0.05) is 49.0 Å². The Morgan fingerprint density at radius 2 is 1.82 bits per heavy atom. The standard InChI is InChI=1S/C19H21N3O3S3/c1-25-17-2-4-18(5-3-17)28(23,24)22-9-7-21(8-10-22)12-16-14-27-19(20-16)15-6-11-26-13-15/h2-6,11,13-14H,7-10,12H2,1H3. The first-order chi connectivity index (χ1) is 13.6. The lowest BCUT2D eigenvalue weighted by atomic mass is 10.3. The summed E-state index contributed by atoms with van der Waals surface area (Å²) in [5.41, 5.74) is 2.20. The number of aromatic nitrogens is 1. The zero-order chi connectivity index (χ0) is 19.6. The number of hydrogen-bond donors (Lipinski definition) is 0. The van der Waals surface area contributed by atoms with Crippen molar-refractivity contribution in [2.24, 2.45) is 0 Å². The molecule has 1 aliphatic heterocycles. The summed E-state index contributed by atoms with van der Waals surface area (Å²) in [4.78, 5) is 7.28. The van der Waals surface area contributed by atoms with E-state index in [0.29, 0.717) is 36.8 Å². The molecule has 3 aromatic rings. The smallest absolute Gasteiger partial charge is 0.243 e. The van der Waals surface area contributed by atoms with Gasteiger partial charge >= 0.3 is 0 Å². The van der Waals surface area contributed by atoms with Crippen LogP contribution >= 0.6 is 22.7 Å². The fourth-order valence-corrected chi connectivity index (χ4v) is 6.10. The molecule has 148 valence electrons. The molecule has 2 aromatic heterocycles. The molecule has 28 heavy (non-hydrogen) atoms. The summed E-state index contributed by atoms with van der Waals surface area (Å²) in [6.45, 7) is 3.10. The van der Waals surface area contributed by atoms with Crippen molar-refractivity contribution in [3.05, 3.63) is 52.2 Å². The molecule has 6 nitrogen and oxygen atoms in total. The number of piperazine rings is 1. The van der Waals surface area contributed by atoms with Crippen molar-refractivity contribution in [2.75, 3.05) is 33.3 Å². The van der Waals surface area contributed by atoms with E-state index in [1.165, 1.54) is 0 Å². The van der Waals surface area contributed by atoms with E-state index in [0.717, 1.165) is 22.8 Å². The Balaban J connectivity index is 1.36. The Hall–Kier alpha value is -1.78. The average molecular weight is 436 g/mol. The molecule has 1 fully saturated rings. The Morgan fingerprint density at radius 1 is 1.07 bits per heavy atom. The van der Waals surface area contributed by atoms with Crippen LogP contribution in [0.1, 0.15) is 5.69 Å². The molecule has 1 saturated heterocycles. The Bertz CT molecular complexity index is 1010. The summed E-state index contributed by atoms with van der Waals surface area (Å²) in [6, 6.07) is 8.63. The van der Waals surface area contributed by atoms with Crippen LogP contribution in [0, 0.1) is 0 Å². The maximum absolute atomic E-state index is 12.8. The molecule has 9 heteroatoms. The van der Waals surface area contributed by atoms with Crippen molar-refractivity contribution in [3.63, 3.8) is 0 Å². The van der Waals surface area contributed by atoms with Crippen molar-refractivity contribution in [1.29, 1.82) is 0 Å². The number of thiazole rings is 1. The van der Waals surface area contributed by atoms with Gasteiger partial charge in [-0.25, -0.2) is 13.4 Å². The number of methoxy groups -OCH3 is 1. The quantitative estimate of drug-likeness (QED) is 0.594. The fraction of sp³-hybridized carbons (Fsp3) is 0.316. The first-order valence-electron chi connectivity index (χ1n) is 8.90. The van der Waals surface area contributed by atoms with Gasteiger partial charge in [-0.1, -0.05) is 0 Å². The van der Waals surface area contributed by atoms with Gasteiger partial charge in [0.2, 0.25) is 10.0 Å². The predicted octanol–water partition coefficient (Wildman–Crippen LogP) is 3.39. The number of ether oxygens (including phenoxy) is 1. The molecule has 0 saturated carbocycles. The second kappa shape index (κ2) is 8.30. The van der Waals surface area contributed by atoms with Crippen molar-refractivity contribution in [3.8, 4) is 16.3 Å². The van der Waals surface area contributed by atoms with E-state index in [1.807, 2.05) is 0 Å². The molecule has 1 aromatic carbocycles. The van der Waals surface area contributed by atoms with Gasteiger partial charge in [0.15, 0.2) is 0 Å². The number of thiophene rings is 1. The third-order valence-electron chi connectivity index (χ3n) is 4.73. The summed E-state index contributed by atoms with van der Waals surface area (Å²) >= 11 is 3.32. The monoisotopic (exact) mass is 435 g/mol. The molecular weight excluding hydrogens is 414 g/mol. The molecule has 0 aliphatic carbocycles. The number of rotatable bonds is 6. The van der Waals surface area contributed by atoms with Gasteiger partial charge in [-0.2, -0.15) is 15.6 Å². The summed E-state index contributed by atoms with van der Waals surface area (Å²) in [5, 5.41) is 7.29. The zero-order valence-electron chi connectivity index (χ0n) is 15.4. The molecule has 0 N–H and O–H groups in total. The van der Waals surface area contributed by atoms with Crippen molar-refractivity contribution >= 4 is 32.7 Å². The van der Waals surface area contributed by atoms with Gasteiger partial charge in [0.05, 0.1) is 17.7 Å². The zero-order valence-corrected chi connectivity index (χ0v) is 17.9. The van der Waals surface area contributed by atoms with Gasteiger partial charge in [-0.3, -0.25) is 4.90 Å². The van der Waals surface area contributed by atoms with Crippen LogP contribution in [-0.4, -0.2) is 55.9 Å². The van der Waals surface area contributed by atoms with Gasteiger partial charge in [-0.15, -0.1) is 11.3 Å². The van der Waals surface area contributed by atoms with Gasteiger partial charge < -0.3 is 4.74 Å². The van der Waals surface area contributed by atoms with Gasteiger partial charge in [0.25, 0.3) is 0 Å². The predicted molar refractivity (Wildman–Crippen MR) is 112 cm³/mol. The highest BCUT2D eigenvalue weighted by molar-refractivity contribution is 7.89. The molecule has 0 radical (unpaired) electrons. The van der Waals surface area contributed by atoms with Crippen LogP contribution in [0.3, 0.4) is 0 Å². The minimum absolute atomic E-state index is 0.307. The molecule has 4 rings (SSSR count). The van der Waals surface area contributed by atoms with E-state index in [-0.39, 0.29) is 0 Å². The molecule has 1 aliphatic rings. The van der Waals surface area contributed by atoms with Crippen LogP contribution in [0.15, 0.2) is 51.4 Å². The minimum atomic E-state index is -3.47. The lowest BCUT2D eigenvalue weighted by Crippen LogP contribution is -2.48. The molecule has 0 unspecified atom stereocenters. The molecular formula is C19H21N3O3S3. The summed E-state index contributed by atoms with van der Waals surface area (Å²) in [5.74, 6) is 0.647. The molecule has 3 heterocycles. The lowest BCUT2D eigenvalue weighted by Gasteiger charge is -2.33. The number of hydrogen-bond acceptors (Lipinski definition) is 7. The van der Waals surface area contributed by atoms with Crippen LogP contribution in [-0.2, 0) is 16.6 Å². The van der Waals surface area contributed by atoms with E-state index in [2.05, 4.69) is 27.1 Å². The molecule has 0 spiro atoms. The first kappa shape index (κ1) is 19.5. The molecule has 0 bridgehead atoms. The van der Waals surface area contributed by atoms with Crippen molar-refractivity contribution < 1.29 is 13.2 Å². The summed E-state index contributed by atoms with van der Waals surface area (Å²) in [6.07, 6.45) is 0. The summed E-state index contributed by atoms with van der Waals surface area (Å²) in [7, 11) is -1.91. The van der Waals surface area contributed by atoms with Crippen LogP contribution in [0.2, 0.25) is 0 Å². The first-order valence-corrected chi connectivity index (χ1v) is 12.2. The van der Waals surface area contributed by atoms with Crippen LogP contribution in [0.4, 0.5) is 0 Å². The Morgan fingerprint density at radius 3 is 2.46 bits per heavy atom. The number of nitrogens with zero attached hydrogens (tertiary/aromatic N) is 3. The number of benzene rings is 1. The van der Waals surface area contributed by atoms with Gasteiger partial charge in [-0.05, 0) is 35.7 Å². The fourth-order valence-electron chi connectivity index (χ4n) is 3.15. The van der Waals surface area contributed by atoms with E-state index < -0.39 is 10.0 Å². The maximum atomic E-state index is 12.8. The van der Waals surface area contributed by atoms with Crippen molar-refractivity contribution in [2.45, 2.75) is 11.4 Å². The second-order valence-corrected chi connectivity index (χ2v) is 10.1. The van der Waals surface area contributed by atoms with E-state index in [1.54, 1.807) is 58.4 Å². The molecule has 0 atom stereocenters. The Kier molecular flexibility index (Phi) is 5.79. The average Bonchev–Trinajstić information content (AvgIpc) is 3.40. The van der Waals surface area contributed by atoms with Crippen LogP contribution in [0.5, 0.6) is 5.75 Å². The maximum Gasteiger partial charge on any atom is 0.243 e. The highest BCUT2D eigenvalue weighted by Gasteiger charge is 2.28. The van der Waals surface area contributed by atoms with E-state index in [9.17, 15) is 8.42 Å². The SMILES string of the molecule is COc1ccc(S(=O)(=O)N2CCN(Cc3csc(-c4ccsc4)n3)CC2)cc1. The van der Waals surface area contributed by atoms with Crippen LogP contribution in [0.25, 0.3) is 10.6 Å². The largest absolute Gasteiger partial charge is 0.497 e. The van der Waals surface area contributed by atoms with Crippen molar-refractivity contribution in [1.82, 2.24) is 14.2 Å².